The van der Waals surface area contributed by atoms with E-state index in [1.165, 1.54) is 6.92 Å². The number of hydrogen-bond donors (Lipinski definition) is 12. The second-order valence-corrected chi connectivity index (χ2v) is 30.3. The number of ketones is 1. The molecule has 32 nitrogen and oxygen atoms in total. The van der Waals surface area contributed by atoms with E-state index in [1.54, 1.807) is 0 Å². The van der Waals surface area contributed by atoms with Crippen molar-refractivity contribution in [3.8, 4) is 0 Å². The molecule has 6 heterocycles. The summed E-state index contributed by atoms with van der Waals surface area (Å²) in [5.41, 5.74) is -1.91. The van der Waals surface area contributed by atoms with Gasteiger partial charge in [-0.3, -0.25) is 18.7 Å². The zero-order valence-electron chi connectivity index (χ0n) is 52.9. The molecule has 532 valence electrons. The Labute approximate surface area is 538 Å². The molecule has 2 unspecified atom stereocenters. The molecule has 0 bridgehead atoms. The fraction of sp³-hybridized carbons (Fsp3) is 0.898. The number of carbonyl (C=O) groups is 2. The van der Waals surface area contributed by atoms with Crippen molar-refractivity contribution in [2.75, 3.05) is 33.5 Å². The molecule has 4 aliphatic carbocycles. The van der Waals surface area contributed by atoms with Gasteiger partial charge in [0, 0.05) is 18.9 Å². The molecule has 9 fully saturated rings. The zero-order chi connectivity index (χ0) is 68.2. The van der Waals surface area contributed by atoms with Crippen molar-refractivity contribution >= 4 is 32.6 Å². The lowest BCUT2D eigenvalue weighted by Crippen LogP contribution is -2.68. The van der Waals surface area contributed by atoms with Gasteiger partial charge in [-0.1, -0.05) is 44.9 Å². The quantitative estimate of drug-likeness (QED) is 0.0333. The number of cyclic esters (lactones) is 1. The summed E-state index contributed by atoms with van der Waals surface area (Å²) in [6.45, 7) is 14.1. The molecule has 0 aromatic carbocycles. The van der Waals surface area contributed by atoms with Gasteiger partial charge in [-0.15, -0.1) is 6.58 Å². The van der Waals surface area contributed by atoms with Crippen molar-refractivity contribution in [1.82, 2.24) is 0 Å². The number of esters is 1. The Kier molecular flexibility index (Phi) is 21.4. The number of hydrogen-bond acceptors (Lipinski definition) is 30. The fourth-order valence-electron chi connectivity index (χ4n) is 17.4. The maximum Gasteiger partial charge on any atom is 0.397 e. The van der Waals surface area contributed by atoms with Crippen molar-refractivity contribution in [2.24, 2.45) is 39.4 Å². The molecular weight excluding hydrogens is 1280 g/mol. The van der Waals surface area contributed by atoms with Gasteiger partial charge >= 0.3 is 26.8 Å². The minimum atomic E-state index is -5.32. The maximum atomic E-state index is 14.5. The summed E-state index contributed by atoms with van der Waals surface area (Å²) in [4.78, 5) is 28.9. The van der Waals surface area contributed by atoms with E-state index in [0.29, 0.717) is 44.9 Å². The van der Waals surface area contributed by atoms with E-state index in [4.69, 9.17) is 61.0 Å². The predicted molar refractivity (Wildman–Crippen MR) is 308 cm³/mol. The molecule has 0 aromatic rings. The van der Waals surface area contributed by atoms with Crippen LogP contribution in [-0.2, 0) is 95.6 Å². The third-order valence-electron chi connectivity index (χ3n) is 22.0. The third-order valence-corrected chi connectivity index (χ3v) is 23.0. The summed E-state index contributed by atoms with van der Waals surface area (Å²) in [6, 6.07) is 0. The predicted octanol–water partition coefficient (Wildman–Crippen LogP) is -2.09. The van der Waals surface area contributed by atoms with Crippen molar-refractivity contribution < 1.29 is 152 Å². The number of rotatable bonds is 21. The van der Waals surface area contributed by atoms with Gasteiger partial charge in [0.2, 0.25) is 0 Å². The number of allylic oxidation sites excluding steroid dienone is 3. The van der Waals surface area contributed by atoms with Gasteiger partial charge in [0.15, 0.2) is 31.5 Å². The van der Waals surface area contributed by atoms with Gasteiger partial charge in [-0.2, -0.15) is 16.8 Å². The van der Waals surface area contributed by atoms with Gasteiger partial charge in [0.25, 0.3) is 0 Å². The number of carbonyl (C=O) groups excluding carboxylic acids is 2. The average Bonchev–Trinajstić information content (AvgIpc) is 1.52. The highest BCUT2D eigenvalue weighted by Gasteiger charge is 2.79. The van der Waals surface area contributed by atoms with Gasteiger partial charge in [-0.25, -0.2) is 8.37 Å². The Morgan fingerprint density at radius 1 is 0.677 bits per heavy atom. The Morgan fingerprint density at radius 3 is 1.94 bits per heavy atom. The SMILES string of the molecule is C=C(C)CCC[C@]1(C)OC(=O)[C@]23CCC4C(=CCC5C(C)(C)[C@@H](O[C@@H]6OC[C@@H](OS(=O)(=O)O)[C@H](O)[C@H]6O[C@@H]6O[C@H](C)[C@@H](O[C@@H]7O[C@H](COS(=O)(=O)O)[C@@H](O)[C@H](O[C@@H]8O[C@H](CO)[C@@H](O)[C@H](OC)[C@H]8O)[C@H]7O)[C@H](O)[C@H]6O[C@@H]6OC[C@@H](O)[C@H](O)[C@H]6O)CC[C@]45C)[C@]2(C)CC(=O)[C@@H]31. The van der Waals surface area contributed by atoms with Crippen LogP contribution in [0.2, 0.25) is 0 Å². The van der Waals surface area contributed by atoms with Crippen LogP contribution in [0.25, 0.3) is 0 Å². The van der Waals surface area contributed by atoms with Gasteiger partial charge in [0.05, 0.1) is 50.0 Å². The summed E-state index contributed by atoms with van der Waals surface area (Å²) in [7, 11) is -9.46. The molecule has 1 spiro atoms. The number of ether oxygens (including phenoxy) is 12. The molecular formula is C59H92O32S2. The van der Waals surface area contributed by atoms with Gasteiger partial charge < -0.3 is 108 Å². The van der Waals surface area contributed by atoms with Crippen LogP contribution in [-0.4, -0.2) is 275 Å². The summed E-state index contributed by atoms with van der Waals surface area (Å²) in [6.07, 6.45) is -37.5. The smallest absolute Gasteiger partial charge is 0.397 e. The minimum absolute atomic E-state index is 0.0191. The van der Waals surface area contributed by atoms with E-state index in [9.17, 15) is 86.6 Å². The Balaban J connectivity index is 0.921. The average molecular weight is 1380 g/mol. The Hall–Kier alpha value is -2.48. The van der Waals surface area contributed by atoms with Crippen molar-refractivity contribution in [3.63, 3.8) is 0 Å². The molecule has 10 aliphatic rings. The van der Waals surface area contributed by atoms with Crippen LogP contribution in [0.5, 0.6) is 0 Å². The molecule has 6 saturated heterocycles. The third kappa shape index (κ3) is 13.5. The van der Waals surface area contributed by atoms with E-state index >= 15 is 0 Å². The van der Waals surface area contributed by atoms with Crippen molar-refractivity contribution in [2.45, 2.75) is 259 Å². The first kappa shape index (κ1) is 73.2. The molecule has 0 amide bonds. The highest BCUT2D eigenvalue weighted by molar-refractivity contribution is 7.81. The van der Waals surface area contributed by atoms with Gasteiger partial charge in [0.1, 0.15) is 115 Å². The molecule has 10 rings (SSSR count). The number of fused-ring (bicyclic) bond motifs is 4. The van der Waals surface area contributed by atoms with Crippen molar-refractivity contribution in [3.05, 3.63) is 23.8 Å². The summed E-state index contributed by atoms with van der Waals surface area (Å²) in [5.74, 6) is -1.10. The van der Waals surface area contributed by atoms with Gasteiger partial charge in [-0.05, 0) is 94.8 Å². The highest BCUT2D eigenvalue weighted by Crippen LogP contribution is 2.75. The topological polar surface area (TPSA) is 474 Å². The van der Waals surface area contributed by atoms with Crippen LogP contribution >= 0.6 is 0 Å². The Morgan fingerprint density at radius 2 is 1.29 bits per heavy atom. The first-order valence-corrected chi connectivity index (χ1v) is 34.2. The number of aliphatic hydroxyl groups is 10. The number of Topliss-reactive ketones (excluding diaryl/α,β-unsaturated/α-hetero) is 1. The molecule has 34 heteroatoms. The van der Waals surface area contributed by atoms with E-state index < -0.39 is 228 Å². The van der Waals surface area contributed by atoms with E-state index in [2.05, 4.69) is 23.8 Å². The lowest BCUT2D eigenvalue weighted by atomic mass is 9.41. The number of aliphatic hydroxyl groups excluding tert-OH is 10. The van der Waals surface area contributed by atoms with E-state index in [-0.39, 0.29) is 30.0 Å². The normalized spacial score (nSPS) is 49.2. The van der Waals surface area contributed by atoms with Crippen molar-refractivity contribution in [1.29, 1.82) is 0 Å². The first-order valence-electron chi connectivity index (χ1n) is 31.5. The molecule has 31 atom stereocenters. The molecule has 0 radical (unpaired) electrons. The second-order valence-electron chi connectivity index (χ2n) is 28.2. The van der Waals surface area contributed by atoms with Crippen LogP contribution in [0.1, 0.15) is 106 Å². The van der Waals surface area contributed by atoms with E-state index in [1.807, 2.05) is 34.6 Å². The fourth-order valence-corrected chi connectivity index (χ4v) is 18.2. The molecule has 3 saturated carbocycles. The molecule has 12 N–H and O–H groups in total. The first-order chi connectivity index (χ1) is 43.4. The molecule has 93 heavy (non-hydrogen) atoms. The van der Waals surface area contributed by atoms with Crippen LogP contribution in [0.15, 0.2) is 23.8 Å². The standard InChI is InChI=1S/C59H92O32S2/c1-24(2)11-10-16-58(8)48-28(61)19-57(7)27-12-13-33-55(4,5)34(15-17-56(33,6)26(27)14-18-59(48,57)54(71)90-58)85-52-46(38(66)32(22-80-52)91-93(75,76)77)89-53-47(88-49-39(67)35(63)29(62)21-79-49)40(68)43(25(3)82-53)86-51-42(70)45(37(65)31(84-51)23-81-92(72,73)74)87-50-41(69)44(78-9)36(64)30(20-60)83-50/h12,25-26,29-53,60,62-70H,1,10-11,13-23H2,2-9H3,(H,72,73,74)(H,75,76,77)/t25-,26?,29-,30-,31-,32-,33?,34+,35+,36-,37-,38+,39-,40+,41-,42-,43-,44+,45+,46-,47-,48-,49+,50+,51+,52+,53+,56-,57+,58+,59-/m1/s1. The summed E-state index contributed by atoms with van der Waals surface area (Å²) < 4.78 is 149. The molecule has 6 aliphatic heterocycles. The van der Waals surface area contributed by atoms with Crippen LogP contribution in [0, 0.1) is 39.4 Å². The minimum Gasteiger partial charge on any atom is -0.458 e. The van der Waals surface area contributed by atoms with E-state index in [0.717, 1.165) is 24.7 Å². The van der Waals surface area contributed by atoms with Crippen LogP contribution < -0.4 is 0 Å². The lowest BCUT2D eigenvalue weighted by Gasteiger charge is -2.63. The second kappa shape index (κ2) is 27.2. The van der Waals surface area contributed by atoms with Crippen LogP contribution in [0.3, 0.4) is 0 Å². The summed E-state index contributed by atoms with van der Waals surface area (Å²) >= 11 is 0. The monoisotopic (exact) mass is 1380 g/mol. The largest absolute Gasteiger partial charge is 0.458 e. The zero-order valence-corrected chi connectivity index (χ0v) is 54.5. The summed E-state index contributed by atoms with van der Waals surface area (Å²) in [5, 5.41) is 112. The molecule has 0 aromatic heterocycles. The lowest BCUT2D eigenvalue weighted by molar-refractivity contribution is -0.403. The number of methoxy groups -OCH3 is 1. The van der Waals surface area contributed by atoms with Crippen LogP contribution in [0.4, 0.5) is 0 Å². The maximum absolute atomic E-state index is 14.5. The highest BCUT2D eigenvalue weighted by atomic mass is 32.3. The Bertz CT molecular complexity index is 2970.